The number of aromatic nitrogens is 4. The molecule has 7 aromatic rings. The van der Waals surface area contributed by atoms with Crippen molar-refractivity contribution in [3.63, 3.8) is 0 Å². The van der Waals surface area contributed by atoms with Gasteiger partial charge in [0, 0.05) is 38.8 Å². The lowest BCUT2D eigenvalue weighted by Crippen LogP contribution is -2.05. The molecule has 8 bridgehead atoms. The summed E-state index contributed by atoms with van der Waals surface area (Å²) in [5.74, 6) is -15.1. The van der Waals surface area contributed by atoms with Gasteiger partial charge in [0.15, 0.2) is 23.3 Å². The zero-order valence-electron chi connectivity index (χ0n) is 24.9. The van der Waals surface area contributed by atoms with Crippen molar-refractivity contribution in [1.29, 1.82) is 0 Å². The fourth-order valence-electron chi connectivity index (χ4n) is 6.24. The van der Waals surface area contributed by atoms with Crippen molar-refractivity contribution in [3.8, 4) is 33.4 Å². The predicted molar refractivity (Wildman–Crippen MR) is 171 cm³/mol. The molecule has 0 radical (unpaired) electrons. The highest BCUT2D eigenvalue weighted by Crippen LogP contribution is 2.40. The normalized spacial score (nSPS) is 12.0. The summed E-state index contributed by atoms with van der Waals surface area (Å²) in [4.78, 5) is 13.4. The lowest BCUT2D eigenvalue weighted by Gasteiger charge is -2.10. The second-order valence-electron chi connectivity index (χ2n) is 11.3. The molecular formula is C37H17F9N4. The van der Waals surface area contributed by atoms with Gasteiger partial charge in [0.05, 0.1) is 39.1 Å². The van der Waals surface area contributed by atoms with E-state index < -0.39 is 74.6 Å². The van der Waals surface area contributed by atoms with E-state index in [4.69, 9.17) is 0 Å². The Bertz CT molecular complexity index is 2650. The molecule has 0 spiro atoms. The van der Waals surface area contributed by atoms with Crippen molar-refractivity contribution in [1.82, 2.24) is 19.9 Å². The molecule has 50 heavy (non-hydrogen) atoms. The van der Waals surface area contributed by atoms with E-state index in [2.05, 4.69) is 19.9 Å². The second-order valence-corrected chi connectivity index (χ2v) is 11.3. The zero-order chi connectivity index (χ0) is 35.0. The van der Waals surface area contributed by atoms with E-state index in [-0.39, 0.29) is 44.6 Å². The average Bonchev–Trinajstić information content (AvgIpc) is 3.92. The van der Waals surface area contributed by atoms with Crippen molar-refractivity contribution >= 4 is 45.3 Å². The number of H-pyrrole nitrogens is 3. The number of halogens is 9. The fraction of sp³-hybridized carbons (Fsp3) is 0. The first-order chi connectivity index (χ1) is 24.0. The van der Waals surface area contributed by atoms with Crippen LogP contribution in [0.1, 0.15) is 11.4 Å². The summed E-state index contributed by atoms with van der Waals surface area (Å²) in [5, 5.41) is 0. The average molecular weight is 689 g/mol. The molecule has 0 saturated carbocycles. The molecule has 4 nitrogen and oxygen atoms in total. The van der Waals surface area contributed by atoms with Gasteiger partial charge in [0.1, 0.15) is 23.3 Å². The lowest BCUT2D eigenvalue weighted by molar-refractivity contribution is 0.381. The van der Waals surface area contributed by atoms with Crippen molar-refractivity contribution in [2.45, 2.75) is 0 Å². The molecule has 0 aliphatic carbocycles. The quantitative estimate of drug-likeness (QED) is 0.0966. The maximum atomic E-state index is 15.5. The Balaban J connectivity index is 1.63. The SMILES string of the molecule is Fc1cccc(F)c1-c1c2nc(c(-c3c(F)c(F)c(F)c(F)c3F)c3ccc([nH]3)c(-c3c(F)cccc3F)c3ccc([nH]3)c3ccc1[nH]3)C=C2. The largest absolute Gasteiger partial charge is 0.354 e. The van der Waals surface area contributed by atoms with Crippen LogP contribution in [-0.2, 0) is 0 Å². The summed E-state index contributed by atoms with van der Waals surface area (Å²) in [6.45, 7) is 0. The second kappa shape index (κ2) is 11.4. The van der Waals surface area contributed by atoms with Gasteiger partial charge >= 0.3 is 0 Å². The first-order valence-corrected chi connectivity index (χ1v) is 14.8. The summed E-state index contributed by atoms with van der Waals surface area (Å²) < 4.78 is 136. The van der Waals surface area contributed by atoms with E-state index in [9.17, 15) is 13.2 Å². The van der Waals surface area contributed by atoms with Crippen LogP contribution in [0.5, 0.6) is 0 Å². The Labute approximate surface area is 274 Å². The molecule has 4 aromatic heterocycles. The summed E-state index contributed by atoms with van der Waals surface area (Å²) in [5.41, 5.74) is -3.00. The highest BCUT2D eigenvalue weighted by Gasteiger charge is 2.30. The number of benzene rings is 3. The highest BCUT2D eigenvalue weighted by molar-refractivity contribution is 6.00. The van der Waals surface area contributed by atoms with Crippen LogP contribution in [-0.4, -0.2) is 19.9 Å². The molecule has 5 heterocycles. The minimum Gasteiger partial charge on any atom is -0.354 e. The van der Waals surface area contributed by atoms with Crippen molar-refractivity contribution in [2.24, 2.45) is 0 Å². The molecule has 0 saturated heterocycles. The highest BCUT2D eigenvalue weighted by atomic mass is 19.2. The number of aromatic amines is 3. The number of nitrogens with zero attached hydrogens (tertiary/aromatic N) is 1. The first kappa shape index (κ1) is 31.1. The minimum atomic E-state index is -2.40. The number of rotatable bonds is 3. The van der Waals surface area contributed by atoms with Crippen molar-refractivity contribution < 1.29 is 39.5 Å². The van der Waals surface area contributed by atoms with Gasteiger partial charge in [-0.3, -0.25) is 0 Å². The molecule has 0 atom stereocenters. The number of nitrogens with one attached hydrogen (secondary N) is 3. The molecule has 248 valence electrons. The Kier molecular flexibility index (Phi) is 7.10. The molecule has 13 heteroatoms. The molecule has 8 rings (SSSR count). The molecule has 1 aliphatic heterocycles. The van der Waals surface area contributed by atoms with Gasteiger partial charge in [-0.2, -0.15) is 0 Å². The summed E-state index contributed by atoms with van der Waals surface area (Å²) in [7, 11) is 0. The molecular weight excluding hydrogens is 671 g/mol. The predicted octanol–water partition coefficient (Wildman–Crippen LogP) is 10.9. The molecule has 1 aliphatic rings. The summed E-state index contributed by atoms with van der Waals surface area (Å²) in [6.07, 6.45) is 2.44. The third-order valence-corrected chi connectivity index (χ3v) is 8.46. The zero-order valence-corrected chi connectivity index (χ0v) is 24.9. The van der Waals surface area contributed by atoms with Crippen molar-refractivity contribution in [2.75, 3.05) is 0 Å². The van der Waals surface area contributed by atoms with Gasteiger partial charge in [0.25, 0.3) is 0 Å². The monoisotopic (exact) mass is 688 g/mol. The van der Waals surface area contributed by atoms with Crippen LogP contribution in [0, 0.1) is 52.4 Å². The van der Waals surface area contributed by atoms with Crippen LogP contribution in [0.4, 0.5) is 39.5 Å². The number of hydrogen-bond donors (Lipinski definition) is 3. The van der Waals surface area contributed by atoms with Crippen LogP contribution < -0.4 is 0 Å². The van der Waals surface area contributed by atoms with Gasteiger partial charge in [0.2, 0.25) is 5.82 Å². The topological polar surface area (TPSA) is 60.3 Å². The summed E-state index contributed by atoms with van der Waals surface area (Å²) >= 11 is 0. The fourth-order valence-corrected chi connectivity index (χ4v) is 6.24. The van der Waals surface area contributed by atoms with E-state index in [1.54, 1.807) is 12.1 Å². The van der Waals surface area contributed by atoms with Gasteiger partial charge in [-0.25, -0.2) is 44.5 Å². The van der Waals surface area contributed by atoms with Crippen LogP contribution in [0.25, 0.3) is 78.6 Å². The van der Waals surface area contributed by atoms with E-state index in [0.717, 1.165) is 36.4 Å². The summed E-state index contributed by atoms with van der Waals surface area (Å²) in [6, 6.07) is 15.0. The first-order valence-electron chi connectivity index (χ1n) is 14.8. The van der Waals surface area contributed by atoms with Crippen LogP contribution in [0.2, 0.25) is 0 Å². The van der Waals surface area contributed by atoms with Gasteiger partial charge < -0.3 is 15.0 Å². The van der Waals surface area contributed by atoms with Gasteiger partial charge in [-0.15, -0.1) is 0 Å². The van der Waals surface area contributed by atoms with Crippen LogP contribution in [0.15, 0.2) is 72.8 Å². The standard InChI is InChI=1S/C37H17F9N4/c38-15-3-1-4-16(39)27(15)29-21-9-7-19(47-21)20-8-10-22(48-20)30(28-17(40)5-2-6-18(28)41)24-12-14-26(50-24)31(25-13-11-23(29)49-25)32-33(42)35(44)37(46)36(45)34(32)43/h1-14,47-49H. The van der Waals surface area contributed by atoms with Gasteiger partial charge in [-0.05, 0) is 72.8 Å². The molecule has 0 fully saturated rings. The van der Waals surface area contributed by atoms with E-state index in [1.807, 2.05) is 0 Å². The lowest BCUT2D eigenvalue weighted by atomic mass is 10.0. The van der Waals surface area contributed by atoms with E-state index in [0.29, 0.717) is 11.0 Å². The number of hydrogen-bond acceptors (Lipinski definition) is 1. The van der Waals surface area contributed by atoms with Crippen LogP contribution in [0.3, 0.4) is 0 Å². The van der Waals surface area contributed by atoms with E-state index >= 15 is 26.3 Å². The Hall–Kier alpha value is -6.24. The van der Waals surface area contributed by atoms with E-state index in [1.165, 1.54) is 36.4 Å². The third-order valence-electron chi connectivity index (χ3n) is 8.46. The van der Waals surface area contributed by atoms with Crippen LogP contribution >= 0.6 is 0 Å². The third kappa shape index (κ3) is 4.68. The van der Waals surface area contributed by atoms with Crippen molar-refractivity contribution in [3.05, 3.63) is 137 Å². The molecule has 3 N–H and O–H groups in total. The molecule has 0 unspecified atom stereocenters. The van der Waals surface area contributed by atoms with Gasteiger partial charge in [-0.1, -0.05) is 12.1 Å². The Morgan fingerprint density at radius 2 is 0.640 bits per heavy atom. The molecule has 3 aromatic carbocycles. The maximum absolute atomic E-state index is 15.5. The minimum absolute atomic E-state index is 0.0201. The Morgan fingerprint density at radius 3 is 1.08 bits per heavy atom. The number of fused-ring (bicyclic) bond motifs is 9. The smallest absolute Gasteiger partial charge is 0.200 e. The molecule has 0 amide bonds. The maximum Gasteiger partial charge on any atom is 0.200 e. The Morgan fingerprint density at radius 1 is 0.320 bits per heavy atom.